The van der Waals surface area contributed by atoms with Crippen LogP contribution in [0.4, 0.5) is 4.79 Å². The number of amides is 2. The molecule has 1 fully saturated rings. The molecule has 2 aromatic carbocycles. The fourth-order valence-electron chi connectivity index (χ4n) is 5.11. The van der Waals surface area contributed by atoms with Crippen LogP contribution in [0.2, 0.25) is 0 Å². The number of piperidine rings is 1. The number of benzene rings is 2. The molecule has 1 spiro atoms. The van der Waals surface area contributed by atoms with E-state index in [0.717, 1.165) is 63.0 Å². The third-order valence-electron chi connectivity index (χ3n) is 7.06. The summed E-state index contributed by atoms with van der Waals surface area (Å²) in [7, 11) is 0. The van der Waals surface area contributed by atoms with Crippen LogP contribution >= 0.6 is 0 Å². The number of fused-ring (bicyclic) bond motifs is 2. The van der Waals surface area contributed by atoms with Crippen LogP contribution in [0.5, 0.6) is 5.75 Å². The van der Waals surface area contributed by atoms with E-state index in [-0.39, 0.29) is 11.6 Å². The molecule has 32 heavy (non-hydrogen) atoms. The van der Waals surface area contributed by atoms with Crippen molar-refractivity contribution in [2.45, 2.75) is 51.6 Å². The monoisotopic (exact) mass is 429 g/mol. The van der Waals surface area contributed by atoms with Crippen molar-refractivity contribution in [2.75, 3.05) is 19.6 Å². The lowest BCUT2D eigenvalue weighted by Gasteiger charge is -2.44. The van der Waals surface area contributed by atoms with Crippen LogP contribution in [-0.4, -0.2) is 41.2 Å². The fourth-order valence-corrected chi connectivity index (χ4v) is 5.11. The molecule has 0 unspecified atom stereocenters. The molecular weight excluding hydrogens is 398 g/mol. The molecule has 2 amide bonds. The lowest BCUT2D eigenvalue weighted by atomic mass is 9.82. The Morgan fingerprint density at radius 2 is 2.00 bits per heavy atom. The number of aromatic nitrogens is 1. The number of nitrogens with one attached hydrogen (secondary N) is 1. The highest BCUT2D eigenvalue weighted by Gasteiger charge is 2.40. The summed E-state index contributed by atoms with van der Waals surface area (Å²) in [5.41, 5.74) is 5.86. The number of pyridine rings is 1. The number of nitrogens with zero attached hydrogens (tertiary/aromatic N) is 2. The lowest BCUT2D eigenvalue weighted by Crippen LogP contribution is -2.53. The Kier molecular flexibility index (Phi) is 5.50. The summed E-state index contributed by atoms with van der Waals surface area (Å²) in [4.78, 5) is 18.8. The maximum absolute atomic E-state index is 12.3. The highest BCUT2D eigenvalue weighted by atomic mass is 16.5. The summed E-state index contributed by atoms with van der Waals surface area (Å²) < 4.78 is 6.59. The molecule has 1 aromatic heterocycles. The van der Waals surface area contributed by atoms with Crippen LogP contribution in [0, 0.1) is 6.92 Å². The van der Waals surface area contributed by atoms with Gasteiger partial charge in [-0.2, -0.15) is 0 Å². The Labute approximate surface area is 189 Å². The third kappa shape index (κ3) is 3.81. The smallest absolute Gasteiger partial charge is 0.317 e. The summed E-state index contributed by atoms with van der Waals surface area (Å²) in [5, 5.41) is 4.16. The van der Waals surface area contributed by atoms with Gasteiger partial charge in [0.15, 0.2) is 0 Å². The maximum Gasteiger partial charge on any atom is 0.317 e. The zero-order chi connectivity index (χ0) is 22.1. The number of urea groups is 1. The molecule has 1 N–H and O–H groups in total. The Morgan fingerprint density at radius 1 is 1.16 bits per heavy atom. The van der Waals surface area contributed by atoms with E-state index in [1.807, 2.05) is 17.2 Å². The van der Waals surface area contributed by atoms with Crippen molar-refractivity contribution in [1.82, 2.24) is 15.2 Å². The summed E-state index contributed by atoms with van der Waals surface area (Å²) in [6.45, 7) is 6.47. The molecule has 0 radical (unpaired) electrons. The van der Waals surface area contributed by atoms with Crippen LogP contribution in [0.15, 0.2) is 48.7 Å². The molecule has 2 aliphatic heterocycles. The zero-order valence-electron chi connectivity index (χ0n) is 19.0. The van der Waals surface area contributed by atoms with Crippen molar-refractivity contribution in [2.24, 2.45) is 0 Å². The van der Waals surface area contributed by atoms with Crippen LogP contribution in [0.25, 0.3) is 22.0 Å². The van der Waals surface area contributed by atoms with E-state index >= 15 is 0 Å². The maximum atomic E-state index is 12.3. The molecule has 3 aromatic rings. The molecule has 1 saturated heterocycles. The standard InChI is InChI=1S/C27H31N3O2/c1-3-14-29-26(31)30-16-12-27(13-17-30)11-10-22-18-21(7-9-24(22)32-27)23-8-6-20-5-4-15-28-25(20)19(23)2/h4-9,15,18H,3,10-14,16-17H2,1-2H3,(H,29,31). The first-order valence-corrected chi connectivity index (χ1v) is 11.8. The first-order chi connectivity index (χ1) is 15.6. The van der Waals surface area contributed by atoms with Crippen molar-refractivity contribution >= 4 is 16.9 Å². The molecule has 5 nitrogen and oxygen atoms in total. The largest absolute Gasteiger partial charge is 0.487 e. The van der Waals surface area contributed by atoms with Gasteiger partial charge >= 0.3 is 6.03 Å². The Morgan fingerprint density at radius 3 is 2.81 bits per heavy atom. The fraction of sp³-hybridized carbons (Fsp3) is 0.407. The normalized spacial score (nSPS) is 17.1. The quantitative estimate of drug-likeness (QED) is 0.599. The summed E-state index contributed by atoms with van der Waals surface area (Å²) in [5.74, 6) is 1.00. The lowest BCUT2D eigenvalue weighted by molar-refractivity contribution is -0.00546. The van der Waals surface area contributed by atoms with Crippen LogP contribution < -0.4 is 10.1 Å². The van der Waals surface area contributed by atoms with E-state index in [4.69, 9.17) is 4.74 Å². The van der Waals surface area contributed by atoms with Crippen molar-refractivity contribution in [3.05, 3.63) is 59.8 Å². The Hall–Kier alpha value is -3.08. The molecule has 0 bridgehead atoms. The molecule has 166 valence electrons. The zero-order valence-corrected chi connectivity index (χ0v) is 19.0. The molecule has 0 atom stereocenters. The second-order valence-electron chi connectivity index (χ2n) is 9.14. The second kappa shape index (κ2) is 8.45. The Balaban J connectivity index is 1.33. The predicted molar refractivity (Wildman–Crippen MR) is 128 cm³/mol. The molecule has 3 heterocycles. The van der Waals surface area contributed by atoms with Gasteiger partial charge in [-0.25, -0.2) is 4.79 Å². The molecule has 0 saturated carbocycles. The summed E-state index contributed by atoms with van der Waals surface area (Å²) in [6.07, 6.45) is 6.62. The number of ether oxygens (including phenoxy) is 1. The molecule has 5 rings (SSSR count). The Bertz CT molecular complexity index is 1150. The number of aryl methyl sites for hydroxylation is 2. The van der Waals surface area contributed by atoms with Gasteiger partial charge in [-0.15, -0.1) is 0 Å². The van der Waals surface area contributed by atoms with E-state index in [1.54, 1.807) is 0 Å². The van der Waals surface area contributed by atoms with Gasteiger partial charge in [-0.05, 0) is 66.6 Å². The van der Waals surface area contributed by atoms with Crippen LogP contribution in [0.1, 0.15) is 43.7 Å². The van der Waals surface area contributed by atoms with Gasteiger partial charge in [0.05, 0.1) is 5.52 Å². The van der Waals surface area contributed by atoms with Crippen molar-refractivity contribution < 1.29 is 9.53 Å². The van der Waals surface area contributed by atoms with E-state index in [9.17, 15) is 4.79 Å². The minimum atomic E-state index is -0.140. The highest BCUT2D eigenvalue weighted by Crippen LogP contribution is 2.41. The minimum Gasteiger partial charge on any atom is -0.487 e. The molecule has 0 aliphatic carbocycles. The molecule has 2 aliphatic rings. The van der Waals surface area contributed by atoms with Crippen LogP contribution in [-0.2, 0) is 6.42 Å². The van der Waals surface area contributed by atoms with Gasteiger partial charge in [0.25, 0.3) is 0 Å². The average molecular weight is 430 g/mol. The third-order valence-corrected chi connectivity index (χ3v) is 7.06. The first kappa shape index (κ1) is 20.8. The van der Waals surface area contributed by atoms with Gasteiger partial charge in [0, 0.05) is 44.1 Å². The van der Waals surface area contributed by atoms with Gasteiger partial charge in [0.2, 0.25) is 0 Å². The van der Waals surface area contributed by atoms with E-state index in [1.165, 1.54) is 27.6 Å². The topological polar surface area (TPSA) is 54.5 Å². The number of carbonyl (C=O) groups is 1. The summed E-state index contributed by atoms with van der Waals surface area (Å²) in [6, 6.07) is 15.1. The van der Waals surface area contributed by atoms with Crippen molar-refractivity contribution in [3.63, 3.8) is 0 Å². The van der Waals surface area contributed by atoms with Crippen molar-refractivity contribution in [1.29, 1.82) is 0 Å². The van der Waals surface area contributed by atoms with E-state index in [2.05, 4.69) is 60.5 Å². The van der Waals surface area contributed by atoms with E-state index < -0.39 is 0 Å². The number of likely N-dealkylation sites (tertiary alicyclic amines) is 1. The average Bonchev–Trinajstić information content (AvgIpc) is 2.83. The highest BCUT2D eigenvalue weighted by molar-refractivity contribution is 5.88. The second-order valence-corrected chi connectivity index (χ2v) is 9.14. The first-order valence-electron chi connectivity index (χ1n) is 11.8. The van der Waals surface area contributed by atoms with Gasteiger partial charge in [0.1, 0.15) is 11.4 Å². The predicted octanol–water partition coefficient (Wildman–Crippen LogP) is 5.49. The number of rotatable bonds is 3. The van der Waals surface area contributed by atoms with Crippen LogP contribution in [0.3, 0.4) is 0 Å². The molecule has 5 heteroatoms. The van der Waals surface area contributed by atoms with Crippen molar-refractivity contribution in [3.8, 4) is 16.9 Å². The summed E-state index contributed by atoms with van der Waals surface area (Å²) >= 11 is 0. The van der Waals surface area contributed by atoms with Gasteiger partial charge in [-0.3, -0.25) is 4.98 Å². The number of hydrogen-bond acceptors (Lipinski definition) is 3. The SMILES string of the molecule is CCCNC(=O)N1CCC2(CCc3cc(-c4ccc5cccnc5c4C)ccc3O2)CC1. The number of carbonyl (C=O) groups excluding carboxylic acids is 1. The molecular formula is C27H31N3O2. The van der Waals surface area contributed by atoms with E-state index in [0.29, 0.717) is 0 Å². The minimum absolute atomic E-state index is 0.0581. The van der Waals surface area contributed by atoms with Gasteiger partial charge < -0.3 is 15.0 Å². The number of hydrogen-bond donors (Lipinski definition) is 1. The van der Waals surface area contributed by atoms with Gasteiger partial charge in [-0.1, -0.05) is 31.2 Å².